The van der Waals surface area contributed by atoms with E-state index in [0.717, 1.165) is 22.3 Å². The molecule has 3 rings (SSSR count). The average Bonchev–Trinajstić information content (AvgIpc) is 3.09. The fourth-order valence-electron chi connectivity index (χ4n) is 2.65. The second-order valence-electron chi connectivity index (χ2n) is 5.61. The molecule has 6 heteroatoms. The molecule has 0 radical (unpaired) electrons. The number of aromatic nitrogens is 2. The molecule has 0 bridgehead atoms. The van der Waals surface area contributed by atoms with Gasteiger partial charge >= 0.3 is 0 Å². The van der Waals surface area contributed by atoms with E-state index >= 15 is 0 Å². The Bertz CT molecular complexity index is 835. The Morgan fingerprint density at radius 2 is 2.09 bits per heavy atom. The van der Waals surface area contributed by atoms with Crippen molar-refractivity contribution in [1.82, 2.24) is 15.5 Å². The van der Waals surface area contributed by atoms with Gasteiger partial charge in [-0.3, -0.25) is 4.79 Å². The number of benzene rings is 1. The Kier molecular flexibility index (Phi) is 4.14. The molecule has 1 N–H and O–H groups in total. The molecule has 1 atom stereocenters. The molecule has 1 aromatic carbocycles. The maximum atomic E-state index is 12.1. The van der Waals surface area contributed by atoms with E-state index in [0.29, 0.717) is 24.6 Å². The van der Waals surface area contributed by atoms with Crippen molar-refractivity contribution in [1.29, 1.82) is 0 Å². The van der Waals surface area contributed by atoms with Crippen molar-refractivity contribution < 1.29 is 13.7 Å². The molecule has 23 heavy (non-hydrogen) atoms. The summed E-state index contributed by atoms with van der Waals surface area (Å²) in [6.07, 6.45) is 0.726. The number of nitrogens with zero attached hydrogens (tertiary/aromatic N) is 2. The maximum Gasteiger partial charge on any atom is 0.227 e. The molecule has 1 unspecified atom stereocenters. The molecule has 0 aliphatic carbocycles. The maximum absolute atomic E-state index is 12.1. The standard InChI is InChI=1S/C17H19N3O3/c1-10-13-6-4-5-7-14(13)22-17(10)11(2)18-15(21)8-9-16-19-12(3)20-23-16/h4-7,11H,8-9H2,1-3H3,(H,18,21). The van der Waals surface area contributed by atoms with Gasteiger partial charge in [-0.25, -0.2) is 0 Å². The summed E-state index contributed by atoms with van der Waals surface area (Å²) in [5.74, 6) is 1.76. The Hall–Kier alpha value is -2.63. The van der Waals surface area contributed by atoms with Crippen molar-refractivity contribution in [3.63, 3.8) is 0 Å². The van der Waals surface area contributed by atoms with Gasteiger partial charge in [-0.1, -0.05) is 23.4 Å². The predicted molar refractivity (Wildman–Crippen MR) is 84.9 cm³/mol. The highest BCUT2D eigenvalue weighted by atomic mass is 16.5. The van der Waals surface area contributed by atoms with Crippen LogP contribution in [0.2, 0.25) is 0 Å². The lowest BCUT2D eigenvalue weighted by atomic mass is 10.1. The fraction of sp³-hybridized carbons (Fsp3) is 0.353. The highest BCUT2D eigenvalue weighted by Crippen LogP contribution is 2.29. The molecule has 120 valence electrons. The van der Waals surface area contributed by atoms with Gasteiger partial charge in [0.25, 0.3) is 0 Å². The fourth-order valence-corrected chi connectivity index (χ4v) is 2.65. The normalized spacial score (nSPS) is 12.5. The van der Waals surface area contributed by atoms with Gasteiger partial charge < -0.3 is 14.3 Å². The van der Waals surface area contributed by atoms with Gasteiger partial charge in [-0.2, -0.15) is 4.98 Å². The third-order valence-electron chi connectivity index (χ3n) is 3.79. The van der Waals surface area contributed by atoms with Crippen LogP contribution >= 0.6 is 0 Å². The molecule has 0 saturated carbocycles. The molecule has 0 saturated heterocycles. The van der Waals surface area contributed by atoms with Gasteiger partial charge in [-0.15, -0.1) is 0 Å². The third kappa shape index (κ3) is 3.26. The van der Waals surface area contributed by atoms with E-state index in [1.165, 1.54) is 0 Å². The van der Waals surface area contributed by atoms with Crippen LogP contribution in [-0.4, -0.2) is 16.0 Å². The zero-order valence-electron chi connectivity index (χ0n) is 13.4. The molecule has 3 aromatic rings. The van der Waals surface area contributed by atoms with Crippen LogP contribution < -0.4 is 5.32 Å². The van der Waals surface area contributed by atoms with E-state index in [2.05, 4.69) is 15.5 Å². The summed E-state index contributed by atoms with van der Waals surface area (Å²) in [6, 6.07) is 7.66. The molecular formula is C17H19N3O3. The van der Waals surface area contributed by atoms with E-state index in [1.54, 1.807) is 6.92 Å². The number of aryl methyl sites for hydroxylation is 3. The van der Waals surface area contributed by atoms with Crippen molar-refractivity contribution in [3.05, 3.63) is 47.3 Å². The van der Waals surface area contributed by atoms with Crippen LogP contribution in [0.25, 0.3) is 11.0 Å². The van der Waals surface area contributed by atoms with Gasteiger partial charge in [0.05, 0.1) is 6.04 Å². The minimum atomic E-state index is -0.195. The first-order valence-electron chi connectivity index (χ1n) is 7.61. The van der Waals surface area contributed by atoms with Gasteiger partial charge in [0.2, 0.25) is 11.8 Å². The van der Waals surface area contributed by atoms with Gasteiger partial charge in [0, 0.05) is 23.8 Å². The number of furan rings is 1. The number of carbonyl (C=O) groups is 1. The number of carbonyl (C=O) groups excluding carboxylic acids is 1. The summed E-state index contributed by atoms with van der Waals surface area (Å²) >= 11 is 0. The summed E-state index contributed by atoms with van der Waals surface area (Å²) in [7, 11) is 0. The number of rotatable bonds is 5. The second kappa shape index (κ2) is 6.24. The lowest BCUT2D eigenvalue weighted by Crippen LogP contribution is -2.27. The highest BCUT2D eigenvalue weighted by molar-refractivity contribution is 5.82. The molecular weight excluding hydrogens is 294 g/mol. The molecule has 0 aliphatic rings. The first-order chi connectivity index (χ1) is 11.0. The average molecular weight is 313 g/mol. The van der Waals surface area contributed by atoms with E-state index in [4.69, 9.17) is 8.94 Å². The predicted octanol–water partition coefficient (Wildman–Crippen LogP) is 3.24. The topological polar surface area (TPSA) is 81.2 Å². The van der Waals surface area contributed by atoms with Crippen LogP contribution in [0.15, 0.2) is 33.2 Å². The van der Waals surface area contributed by atoms with Crippen LogP contribution in [-0.2, 0) is 11.2 Å². The number of fused-ring (bicyclic) bond motifs is 1. The smallest absolute Gasteiger partial charge is 0.227 e. The Labute approximate surface area is 133 Å². The van der Waals surface area contributed by atoms with Crippen molar-refractivity contribution in [2.45, 2.75) is 39.7 Å². The van der Waals surface area contributed by atoms with Crippen molar-refractivity contribution >= 4 is 16.9 Å². The third-order valence-corrected chi connectivity index (χ3v) is 3.79. The van der Waals surface area contributed by atoms with E-state index in [-0.39, 0.29) is 11.9 Å². The monoisotopic (exact) mass is 313 g/mol. The van der Waals surface area contributed by atoms with Crippen molar-refractivity contribution in [2.24, 2.45) is 0 Å². The van der Waals surface area contributed by atoms with Gasteiger partial charge in [0.15, 0.2) is 5.82 Å². The van der Waals surface area contributed by atoms with Gasteiger partial charge in [-0.05, 0) is 26.8 Å². The molecule has 0 spiro atoms. The number of amides is 1. The lowest BCUT2D eigenvalue weighted by molar-refractivity contribution is -0.121. The van der Waals surface area contributed by atoms with E-state index in [1.807, 2.05) is 38.1 Å². The zero-order chi connectivity index (χ0) is 16.4. The summed E-state index contributed by atoms with van der Waals surface area (Å²) < 4.78 is 10.9. The SMILES string of the molecule is Cc1noc(CCC(=O)NC(C)c2oc3ccccc3c2C)n1. The summed E-state index contributed by atoms with van der Waals surface area (Å²) in [6.45, 7) is 5.67. The number of nitrogens with one attached hydrogen (secondary N) is 1. The van der Waals surface area contributed by atoms with Crippen LogP contribution in [0.5, 0.6) is 0 Å². The van der Waals surface area contributed by atoms with E-state index in [9.17, 15) is 4.79 Å². The molecule has 0 aliphatic heterocycles. The molecule has 2 aromatic heterocycles. The van der Waals surface area contributed by atoms with Crippen LogP contribution in [0, 0.1) is 13.8 Å². The van der Waals surface area contributed by atoms with Crippen LogP contribution in [0.3, 0.4) is 0 Å². The van der Waals surface area contributed by atoms with Crippen LogP contribution in [0.1, 0.15) is 42.4 Å². The Morgan fingerprint density at radius 3 is 2.78 bits per heavy atom. The van der Waals surface area contributed by atoms with Crippen LogP contribution in [0.4, 0.5) is 0 Å². The summed E-state index contributed by atoms with van der Waals surface area (Å²) in [5.41, 5.74) is 1.89. The first-order valence-corrected chi connectivity index (χ1v) is 7.61. The summed E-state index contributed by atoms with van der Waals surface area (Å²) in [5, 5.41) is 7.73. The van der Waals surface area contributed by atoms with Gasteiger partial charge in [0.1, 0.15) is 11.3 Å². The molecule has 0 fully saturated rings. The largest absolute Gasteiger partial charge is 0.459 e. The minimum absolute atomic E-state index is 0.0757. The first kappa shape index (κ1) is 15.3. The second-order valence-corrected chi connectivity index (χ2v) is 5.61. The number of hydrogen-bond acceptors (Lipinski definition) is 5. The lowest BCUT2D eigenvalue weighted by Gasteiger charge is -2.12. The Morgan fingerprint density at radius 1 is 1.30 bits per heavy atom. The Balaban J connectivity index is 1.64. The summed E-state index contributed by atoms with van der Waals surface area (Å²) in [4.78, 5) is 16.2. The molecule has 6 nitrogen and oxygen atoms in total. The van der Waals surface area contributed by atoms with Crippen molar-refractivity contribution in [3.8, 4) is 0 Å². The quantitative estimate of drug-likeness (QED) is 0.782. The van der Waals surface area contributed by atoms with Crippen molar-refractivity contribution in [2.75, 3.05) is 0 Å². The molecule has 2 heterocycles. The highest BCUT2D eigenvalue weighted by Gasteiger charge is 2.18. The number of para-hydroxylation sites is 1. The number of hydrogen-bond donors (Lipinski definition) is 1. The minimum Gasteiger partial charge on any atom is -0.459 e. The van der Waals surface area contributed by atoms with E-state index < -0.39 is 0 Å². The zero-order valence-corrected chi connectivity index (χ0v) is 13.4. The molecule has 1 amide bonds.